The van der Waals surface area contributed by atoms with E-state index >= 15 is 0 Å². The first-order valence-corrected chi connectivity index (χ1v) is 6.49. The molecule has 0 unspecified atom stereocenters. The van der Waals surface area contributed by atoms with Gasteiger partial charge in [0.25, 0.3) is 0 Å². The van der Waals surface area contributed by atoms with E-state index < -0.39 is 0 Å². The van der Waals surface area contributed by atoms with Gasteiger partial charge in [-0.25, -0.2) is 4.98 Å². The highest BCUT2D eigenvalue weighted by Crippen LogP contribution is 2.27. The van der Waals surface area contributed by atoms with Gasteiger partial charge < -0.3 is 5.32 Å². The fraction of sp³-hybridized carbons (Fsp3) is 0.300. The largest absolute Gasteiger partial charge is 0.361 e. The number of hydrogen-bond acceptors (Lipinski definition) is 3. The summed E-state index contributed by atoms with van der Waals surface area (Å²) in [5, 5.41) is 4.34. The van der Waals surface area contributed by atoms with Crippen molar-refractivity contribution in [2.45, 2.75) is 13.3 Å². The first-order valence-electron chi connectivity index (χ1n) is 4.59. The summed E-state index contributed by atoms with van der Waals surface area (Å²) in [5.41, 5.74) is 1.09. The number of fused-ring (bicyclic) bond motifs is 1. The van der Waals surface area contributed by atoms with Gasteiger partial charge in [-0.1, -0.05) is 18.3 Å². The zero-order valence-electron chi connectivity index (χ0n) is 7.88. The molecule has 0 atom stereocenters. The highest BCUT2D eigenvalue weighted by Gasteiger charge is 2.02. The lowest BCUT2D eigenvalue weighted by atomic mass is 10.3. The van der Waals surface area contributed by atoms with E-state index in [2.05, 4.69) is 58.0 Å². The Morgan fingerprint density at radius 3 is 3.14 bits per heavy atom. The van der Waals surface area contributed by atoms with Crippen molar-refractivity contribution in [1.82, 2.24) is 4.98 Å². The average molecular weight is 318 g/mol. The standard InChI is InChI=1S/C10H11IN2S/c1-2-5-12-10-13-8-4-3-7(11)6-9(8)14-10/h3-4,6H,2,5H2,1H3,(H,12,13). The Morgan fingerprint density at radius 1 is 1.50 bits per heavy atom. The molecular formula is C10H11IN2S. The maximum absolute atomic E-state index is 4.50. The number of nitrogens with zero attached hydrogens (tertiary/aromatic N) is 1. The van der Waals surface area contributed by atoms with Gasteiger partial charge in [0, 0.05) is 10.1 Å². The number of aromatic nitrogens is 1. The van der Waals surface area contributed by atoms with Crippen LogP contribution in [0.5, 0.6) is 0 Å². The fourth-order valence-corrected chi connectivity index (χ4v) is 2.84. The molecule has 0 bridgehead atoms. The molecule has 2 nitrogen and oxygen atoms in total. The Hall–Kier alpha value is -0.360. The second-order valence-electron chi connectivity index (χ2n) is 3.06. The third-order valence-corrected chi connectivity index (χ3v) is 3.52. The molecule has 2 rings (SSSR count). The Labute approximate surface area is 101 Å². The predicted octanol–water partition coefficient (Wildman–Crippen LogP) is 3.72. The Kier molecular flexibility index (Phi) is 3.22. The second-order valence-corrected chi connectivity index (χ2v) is 5.33. The third-order valence-electron chi connectivity index (χ3n) is 1.88. The summed E-state index contributed by atoms with van der Waals surface area (Å²) < 4.78 is 2.52. The monoisotopic (exact) mass is 318 g/mol. The summed E-state index contributed by atoms with van der Waals surface area (Å²) in [7, 11) is 0. The molecule has 2 aromatic rings. The number of rotatable bonds is 3. The van der Waals surface area contributed by atoms with Crippen LogP contribution in [0.1, 0.15) is 13.3 Å². The van der Waals surface area contributed by atoms with E-state index in [0.717, 1.165) is 23.6 Å². The predicted molar refractivity (Wildman–Crippen MR) is 71.1 cm³/mol. The summed E-state index contributed by atoms with van der Waals surface area (Å²) >= 11 is 4.05. The summed E-state index contributed by atoms with van der Waals surface area (Å²) in [6.45, 7) is 3.15. The molecule has 4 heteroatoms. The molecule has 0 saturated heterocycles. The molecule has 74 valence electrons. The normalized spacial score (nSPS) is 10.7. The van der Waals surface area contributed by atoms with Crippen LogP contribution in [-0.2, 0) is 0 Å². The van der Waals surface area contributed by atoms with E-state index in [0.29, 0.717) is 0 Å². The van der Waals surface area contributed by atoms with Crippen LogP contribution in [0.4, 0.5) is 5.13 Å². The van der Waals surface area contributed by atoms with Gasteiger partial charge in [-0.15, -0.1) is 0 Å². The van der Waals surface area contributed by atoms with Gasteiger partial charge in [-0.2, -0.15) is 0 Å². The van der Waals surface area contributed by atoms with E-state index in [1.54, 1.807) is 11.3 Å². The van der Waals surface area contributed by atoms with Crippen LogP contribution in [0.3, 0.4) is 0 Å². The number of anilines is 1. The molecule has 0 saturated carbocycles. The molecule has 1 heterocycles. The quantitative estimate of drug-likeness (QED) is 0.873. The minimum absolute atomic E-state index is 0.997. The average Bonchev–Trinajstić information content (AvgIpc) is 2.56. The topological polar surface area (TPSA) is 24.9 Å². The van der Waals surface area contributed by atoms with Gasteiger partial charge in [0.05, 0.1) is 10.2 Å². The molecule has 0 spiro atoms. The van der Waals surface area contributed by atoms with Crippen LogP contribution >= 0.6 is 33.9 Å². The van der Waals surface area contributed by atoms with Crippen LogP contribution < -0.4 is 5.32 Å². The van der Waals surface area contributed by atoms with Gasteiger partial charge in [-0.05, 0) is 47.2 Å². The molecule has 1 aromatic heterocycles. The first kappa shape index (κ1) is 10.2. The number of hydrogen-bond donors (Lipinski definition) is 1. The van der Waals surface area contributed by atoms with Crippen molar-refractivity contribution >= 4 is 49.3 Å². The molecule has 0 radical (unpaired) electrons. The van der Waals surface area contributed by atoms with Crippen LogP contribution in [0, 0.1) is 3.57 Å². The molecule has 1 N–H and O–H groups in total. The van der Waals surface area contributed by atoms with Crippen LogP contribution in [0.25, 0.3) is 10.2 Å². The lowest BCUT2D eigenvalue weighted by Gasteiger charge is -1.95. The number of benzene rings is 1. The van der Waals surface area contributed by atoms with Gasteiger partial charge in [-0.3, -0.25) is 0 Å². The second kappa shape index (κ2) is 4.44. The highest BCUT2D eigenvalue weighted by molar-refractivity contribution is 14.1. The van der Waals surface area contributed by atoms with Gasteiger partial charge in [0.2, 0.25) is 0 Å². The molecule has 14 heavy (non-hydrogen) atoms. The van der Waals surface area contributed by atoms with Crippen LogP contribution in [0.15, 0.2) is 18.2 Å². The van der Waals surface area contributed by atoms with Gasteiger partial charge in [0.15, 0.2) is 5.13 Å². The van der Waals surface area contributed by atoms with Crippen LogP contribution in [-0.4, -0.2) is 11.5 Å². The molecule has 0 aliphatic carbocycles. The smallest absolute Gasteiger partial charge is 0.183 e. The van der Waals surface area contributed by atoms with Crippen molar-refractivity contribution in [2.24, 2.45) is 0 Å². The number of halogens is 1. The number of thiazole rings is 1. The molecule has 0 fully saturated rings. The molecule has 0 aliphatic heterocycles. The van der Waals surface area contributed by atoms with E-state index in [1.165, 1.54) is 8.27 Å². The summed E-state index contributed by atoms with van der Waals surface area (Å²) in [4.78, 5) is 4.50. The Morgan fingerprint density at radius 2 is 2.36 bits per heavy atom. The molecule has 1 aromatic carbocycles. The minimum atomic E-state index is 0.997. The lowest BCUT2D eigenvalue weighted by molar-refractivity contribution is 0.977. The van der Waals surface area contributed by atoms with Gasteiger partial charge in [0.1, 0.15) is 0 Å². The Bertz CT molecular complexity index is 439. The molecule has 0 amide bonds. The van der Waals surface area contributed by atoms with Gasteiger partial charge >= 0.3 is 0 Å². The zero-order valence-corrected chi connectivity index (χ0v) is 10.9. The van der Waals surface area contributed by atoms with Crippen LogP contribution in [0.2, 0.25) is 0 Å². The summed E-state index contributed by atoms with van der Waals surface area (Å²) in [6, 6.07) is 6.33. The van der Waals surface area contributed by atoms with Crippen molar-refractivity contribution in [3.05, 3.63) is 21.8 Å². The first-order chi connectivity index (χ1) is 6.79. The van der Waals surface area contributed by atoms with E-state index in [4.69, 9.17) is 0 Å². The van der Waals surface area contributed by atoms with Crippen molar-refractivity contribution < 1.29 is 0 Å². The summed E-state index contributed by atoms with van der Waals surface area (Å²) in [5.74, 6) is 0. The number of nitrogens with one attached hydrogen (secondary N) is 1. The molecular weight excluding hydrogens is 307 g/mol. The highest BCUT2D eigenvalue weighted by atomic mass is 127. The van der Waals surface area contributed by atoms with E-state index in [-0.39, 0.29) is 0 Å². The van der Waals surface area contributed by atoms with Crippen molar-refractivity contribution in [2.75, 3.05) is 11.9 Å². The van der Waals surface area contributed by atoms with Crippen molar-refractivity contribution in [3.63, 3.8) is 0 Å². The zero-order chi connectivity index (χ0) is 9.97. The maximum atomic E-state index is 4.50. The SMILES string of the molecule is CCCNc1nc2ccc(I)cc2s1. The van der Waals surface area contributed by atoms with Crippen molar-refractivity contribution in [1.29, 1.82) is 0 Å². The Balaban J connectivity index is 2.32. The van der Waals surface area contributed by atoms with E-state index in [9.17, 15) is 0 Å². The third kappa shape index (κ3) is 2.17. The molecule has 0 aliphatic rings. The maximum Gasteiger partial charge on any atom is 0.183 e. The van der Waals surface area contributed by atoms with Crippen molar-refractivity contribution in [3.8, 4) is 0 Å². The van der Waals surface area contributed by atoms with E-state index in [1.807, 2.05) is 0 Å². The minimum Gasteiger partial charge on any atom is -0.361 e. The fourth-order valence-electron chi connectivity index (χ4n) is 1.21. The lowest BCUT2D eigenvalue weighted by Crippen LogP contribution is -1.98. The summed E-state index contributed by atoms with van der Waals surface area (Å²) in [6.07, 6.45) is 1.13.